The molecule has 1 atom stereocenters. The van der Waals surface area contributed by atoms with Gasteiger partial charge in [-0.1, -0.05) is 0 Å². The number of rotatable bonds is 4. The zero-order valence-electron chi connectivity index (χ0n) is 12.8. The Morgan fingerprint density at radius 3 is 2.75 bits per heavy atom. The molecule has 7 heteroatoms. The summed E-state index contributed by atoms with van der Waals surface area (Å²) in [6.07, 6.45) is 1.56. The number of hydrogen-bond donors (Lipinski definition) is 3. The van der Waals surface area contributed by atoms with Gasteiger partial charge in [0.2, 0.25) is 5.91 Å². The zero-order chi connectivity index (χ0) is 17.1. The summed E-state index contributed by atoms with van der Waals surface area (Å²) in [4.78, 5) is 38.3. The van der Waals surface area contributed by atoms with Gasteiger partial charge in [0.05, 0.1) is 0 Å². The van der Waals surface area contributed by atoms with Crippen LogP contribution in [0.2, 0.25) is 0 Å². The third kappa shape index (κ3) is 3.36. The number of amides is 2. The molecule has 0 unspecified atom stereocenters. The second-order valence-electron chi connectivity index (χ2n) is 5.29. The molecule has 6 nitrogen and oxygen atoms in total. The van der Waals surface area contributed by atoms with Crippen LogP contribution in [0.15, 0.2) is 52.1 Å². The highest BCUT2D eigenvalue weighted by Gasteiger charge is 2.22. The van der Waals surface area contributed by atoms with Crippen LogP contribution in [0, 0.1) is 0 Å². The third-order valence-electron chi connectivity index (χ3n) is 3.53. The second kappa shape index (κ2) is 6.67. The smallest absolute Gasteiger partial charge is 0.255 e. The molecule has 0 saturated carbocycles. The van der Waals surface area contributed by atoms with Crippen molar-refractivity contribution in [3.05, 3.63) is 63.2 Å². The van der Waals surface area contributed by atoms with E-state index in [1.807, 2.05) is 10.8 Å². The minimum atomic E-state index is -0.761. The fourth-order valence-corrected chi connectivity index (χ4v) is 3.11. The topological polar surface area (TPSA) is 91.1 Å². The summed E-state index contributed by atoms with van der Waals surface area (Å²) in [6.45, 7) is 1.37. The Bertz CT molecular complexity index is 947. The molecule has 3 aromatic rings. The van der Waals surface area contributed by atoms with Gasteiger partial charge in [-0.25, -0.2) is 0 Å². The van der Waals surface area contributed by atoms with Gasteiger partial charge >= 0.3 is 0 Å². The number of anilines is 1. The van der Waals surface area contributed by atoms with Gasteiger partial charge in [-0.3, -0.25) is 14.4 Å². The van der Waals surface area contributed by atoms with Crippen LogP contribution >= 0.6 is 11.3 Å². The summed E-state index contributed by atoms with van der Waals surface area (Å²) < 4.78 is 0. The van der Waals surface area contributed by atoms with Crippen molar-refractivity contribution in [2.45, 2.75) is 13.0 Å². The van der Waals surface area contributed by atoms with Crippen LogP contribution in [-0.4, -0.2) is 16.8 Å². The number of benzene rings is 1. The first-order valence-corrected chi connectivity index (χ1v) is 8.20. The predicted molar refractivity (Wildman–Crippen MR) is 94.1 cm³/mol. The van der Waals surface area contributed by atoms with Crippen molar-refractivity contribution < 1.29 is 9.59 Å². The number of H-pyrrole nitrogens is 1. The van der Waals surface area contributed by atoms with Crippen molar-refractivity contribution in [3.8, 4) is 0 Å². The lowest BCUT2D eigenvalue weighted by Crippen LogP contribution is -2.35. The molecule has 0 aliphatic carbocycles. The lowest BCUT2D eigenvalue weighted by molar-refractivity contribution is -0.125. The van der Waals surface area contributed by atoms with E-state index in [1.54, 1.807) is 36.5 Å². The van der Waals surface area contributed by atoms with Gasteiger partial charge in [0.15, 0.2) is 0 Å². The van der Waals surface area contributed by atoms with Gasteiger partial charge in [0.1, 0.15) is 6.04 Å². The molecule has 3 rings (SSSR count). The predicted octanol–water partition coefficient (Wildman–Crippen LogP) is 2.41. The Hall–Kier alpha value is -2.93. The number of carbonyl (C=O) groups is 2. The van der Waals surface area contributed by atoms with E-state index >= 15 is 0 Å². The number of nitrogens with one attached hydrogen (secondary N) is 3. The monoisotopic (exact) mass is 341 g/mol. The van der Waals surface area contributed by atoms with Crippen LogP contribution in [0.3, 0.4) is 0 Å². The van der Waals surface area contributed by atoms with Crippen LogP contribution in [-0.2, 0) is 9.59 Å². The number of aromatic nitrogens is 1. The Kier molecular flexibility index (Phi) is 4.43. The number of fused-ring (bicyclic) bond motifs is 1. The number of aromatic amines is 1. The van der Waals surface area contributed by atoms with Gasteiger partial charge in [-0.05, 0) is 52.0 Å². The Balaban J connectivity index is 1.87. The van der Waals surface area contributed by atoms with Gasteiger partial charge in [0.25, 0.3) is 11.5 Å². The highest BCUT2D eigenvalue weighted by molar-refractivity contribution is 7.08. The Labute approximate surface area is 141 Å². The van der Waals surface area contributed by atoms with Crippen LogP contribution < -0.4 is 16.2 Å². The molecule has 3 N–H and O–H groups in total. The molecule has 0 aliphatic rings. The lowest BCUT2D eigenvalue weighted by Gasteiger charge is -2.17. The minimum absolute atomic E-state index is 0.181. The quantitative estimate of drug-likeness (QED) is 0.680. The number of carbonyl (C=O) groups excluding carboxylic acids is 2. The first-order valence-electron chi connectivity index (χ1n) is 7.26. The van der Waals surface area contributed by atoms with Crippen molar-refractivity contribution >= 4 is 39.6 Å². The van der Waals surface area contributed by atoms with E-state index in [-0.39, 0.29) is 17.4 Å². The first-order chi connectivity index (χ1) is 11.5. The van der Waals surface area contributed by atoms with Crippen LogP contribution in [0.25, 0.3) is 10.8 Å². The molecule has 0 bridgehead atoms. The maximum atomic E-state index is 12.6. The van der Waals surface area contributed by atoms with E-state index in [2.05, 4.69) is 15.6 Å². The summed E-state index contributed by atoms with van der Waals surface area (Å²) in [7, 11) is 0. The van der Waals surface area contributed by atoms with Crippen molar-refractivity contribution in [2.75, 3.05) is 5.32 Å². The van der Waals surface area contributed by atoms with E-state index in [0.29, 0.717) is 11.1 Å². The molecule has 0 fully saturated rings. The van der Waals surface area contributed by atoms with Gasteiger partial charge in [-0.2, -0.15) is 11.3 Å². The molecule has 2 aromatic heterocycles. The van der Waals surface area contributed by atoms with Gasteiger partial charge < -0.3 is 15.6 Å². The molecule has 0 aliphatic heterocycles. The average molecular weight is 341 g/mol. The highest BCUT2D eigenvalue weighted by atomic mass is 32.1. The van der Waals surface area contributed by atoms with E-state index in [9.17, 15) is 14.4 Å². The largest absolute Gasteiger partial charge is 0.341 e. The van der Waals surface area contributed by atoms with Crippen LogP contribution in [0.1, 0.15) is 18.5 Å². The molecule has 2 amide bonds. The average Bonchev–Trinajstić information content (AvgIpc) is 3.06. The van der Waals surface area contributed by atoms with E-state index in [0.717, 1.165) is 10.9 Å². The maximum absolute atomic E-state index is 12.6. The number of thiophene rings is 1. The molecular formula is C17H15N3O3S. The molecule has 24 heavy (non-hydrogen) atoms. The van der Waals surface area contributed by atoms with Crippen molar-refractivity contribution in [1.29, 1.82) is 0 Å². The van der Waals surface area contributed by atoms with Crippen molar-refractivity contribution in [2.24, 2.45) is 0 Å². The van der Waals surface area contributed by atoms with E-state index in [1.165, 1.54) is 18.3 Å². The van der Waals surface area contributed by atoms with Gasteiger partial charge in [-0.15, -0.1) is 0 Å². The molecule has 0 saturated heterocycles. The summed E-state index contributed by atoms with van der Waals surface area (Å²) in [5.74, 6) is -0.626. The van der Waals surface area contributed by atoms with Crippen molar-refractivity contribution in [1.82, 2.24) is 10.3 Å². The van der Waals surface area contributed by atoms with E-state index < -0.39 is 6.04 Å². The maximum Gasteiger partial charge on any atom is 0.255 e. The fraction of sp³-hybridized carbons (Fsp3) is 0.118. The van der Waals surface area contributed by atoms with Gasteiger partial charge in [0, 0.05) is 24.2 Å². The standard InChI is InChI=1S/C17H15N3O3S/c1-10(21)19-15(12-5-7-24-9-12)17(23)20-13-2-3-14-11(8-13)4-6-18-16(14)22/h2-9,15H,1H3,(H,18,22)(H,19,21)(H,20,23)/t15-/m1/s1. The zero-order valence-corrected chi connectivity index (χ0v) is 13.6. The van der Waals surface area contributed by atoms with Crippen molar-refractivity contribution in [3.63, 3.8) is 0 Å². The molecule has 1 aromatic carbocycles. The molecule has 0 radical (unpaired) electrons. The summed E-state index contributed by atoms with van der Waals surface area (Å²) >= 11 is 1.45. The summed E-state index contributed by atoms with van der Waals surface area (Å²) in [5, 5.41) is 10.4. The minimum Gasteiger partial charge on any atom is -0.341 e. The van der Waals surface area contributed by atoms with Crippen LogP contribution in [0.5, 0.6) is 0 Å². The fourth-order valence-electron chi connectivity index (χ4n) is 2.43. The van der Waals surface area contributed by atoms with E-state index in [4.69, 9.17) is 0 Å². The number of pyridine rings is 1. The van der Waals surface area contributed by atoms with Crippen LogP contribution in [0.4, 0.5) is 5.69 Å². The second-order valence-corrected chi connectivity index (χ2v) is 6.07. The summed E-state index contributed by atoms with van der Waals surface area (Å²) in [6, 6.07) is 7.83. The Morgan fingerprint density at radius 1 is 1.21 bits per heavy atom. The molecule has 0 spiro atoms. The molecule has 2 heterocycles. The number of hydrogen-bond acceptors (Lipinski definition) is 4. The molecule has 122 valence electrons. The highest BCUT2D eigenvalue weighted by Crippen LogP contribution is 2.21. The molecular weight excluding hydrogens is 326 g/mol. The lowest BCUT2D eigenvalue weighted by atomic mass is 10.1. The first kappa shape index (κ1) is 15.9. The summed E-state index contributed by atoms with van der Waals surface area (Å²) in [5.41, 5.74) is 1.10. The third-order valence-corrected chi connectivity index (χ3v) is 4.23. The normalized spacial score (nSPS) is 11.9. The SMILES string of the molecule is CC(=O)N[C@@H](C(=O)Nc1ccc2c(=O)[nH]ccc2c1)c1ccsc1. The Morgan fingerprint density at radius 2 is 2.04 bits per heavy atom.